The topological polar surface area (TPSA) is 83.6 Å². The lowest BCUT2D eigenvalue weighted by atomic mass is 9.96. The van der Waals surface area contributed by atoms with Crippen LogP contribution in [0, 0.1) is 11.6 Å². The number of nitrogens with zero attached hydrogens (tertiary/aromatic N) is 1. The van der Waals surface area contributed by atoms with Crippen molar-refractivity contribution in [2.75, 3.05) is 6.54 Å². The molecule has 0 aliphatic carbocycles. The molecule has 1 amide bonds. The average molecular weight is 374 g/mol. The van der Waals surface area contributed by atoms with Crippen molar-refractivity contribution in [3.05, 3.63) is 70.3 Å². The van der Waals surface area contributed by atoms with Crippen molar-refractivity contribution < 1.29 is 23.5 Å². The molecule has 2 aromatic carbocycles. The van der Waals surface area contributed by atoms with E-state index in [4.69, 9.17) is 10.8 Å². The van der Waals surface area contributed by atoms with Gasteiger partial charge in [-0.3, -0.25) is 4.79 Å². The Morgan fingerprint density at radius 3 is 2.67 bits per heavy atom. The minimum atomic E-state index is -1.01. The normalized spacial score (nSPS) is 14.6. The van der Waals surface area contributed by atoms with E-state index in [0.29, 0.717) is 19.5 Å². The van der Waals surface area contributed by atoms with Crippen molar-refractivity contribution in [1.82, 2.24) is 4.90 Å². The average Bonchev–Trinajstić information content (AvgIpc) is 2.63. The maximum absolute atomic E-state index is 13.7. The number of halogens is 2. The summed E-state index contributed by atoms with van der Waals surface area (Å²) in [5.74, 6) is -2.30. The monoisotopic (exact) mass is 374 g/mol. The van der Waals surface area contributed by atoms with Crippen LogP contribution >= 0.6 is 0 Å². The van der Waals surface area contributed by atoms with Crippen LogP contribution in [0.3, 0.4) is 0 Å². The van der Waals surface area contributed by atoms with Gasteiger partial charge in [0.1, 0.15) is 11.6 Å². The lowest BCUT2D eigenvalue weighted by Gasteiger charge is -2.30. The third kappa shape index (κ3) is 4.49. The molecule has 142 valence electrons. The van der Waals surface area contributed by atoms with Crippen LogP contribution in [0.5, 0.6) is 0 Å². The second-order valence-corrected chi connectivity index (χ2v) is 6.76. The van der Waals surface area contributed by atoms with Gasteiger partial charge in [0.25, 0.3) is 0 Å². The number of benzene rings is 2. The zero-order valence-corrected chi connectivity index (χ0v) is 14.6. The maximum atomic E-state index is 13.7. The van der Waals surface area contributed by atoms with Gasteiger partial charge in [-0.2, -0.15) is 0 Å². The molecule has 0 saturated carbocycles. The molecule has 3 rings (SSSR count). The van der Waals surface area contributed by atoms with Gasteiger partial charge < -0.3 is 15.7 Å². The van der Waals surface area contributed by atoms with Crippen molar-refractivity contribution in [2.24, 2.45) is 5.73 Å². The standard InChI is InChI=1S/C20H20F2N2O3/c21-16-3-4-18(22)14(8-16)9-17(23)10-19(25)24-6-5-12-1-2-13(20(26)27)7-15(12)11-24/h1-4,7-8,17H,5-6,9-11,23H2,(H,26,27)/t17-/m0/s1. The van der Waals surface area contributed by atoms with Gasteiger partial charge in [0.05, 0.1) is 5.56 Å². The summed E-state index contributed by atoms with van der Waals surface area (Å²) in [4.78, 5) is 25.3. The molecule has 1 heterocycles. The highest BCUT2D eigenvalue weighted by molar-refractivity contribution is 5.88. The summed E-state index contributed by atoms with van der Waals surface area (Å²) in [6.45, 7) is 0.829. The van der Waals surface area contributed by atoms with E-state index in [9.17, 15) is 18.4 Å². The second-order valence-electron chi connectivity index (χ2n) is 6.76. The van der Waals surface area contributed by atoms with Crippen LogP contribution in [0.4, 0.5) is 8.78 Å². The molecule has 0 radical (unpaired) electrons. The number of hydrogen-bond donors (Lipinski definition) is 2. The Bertz CT molecular complexity index is 886. The van der Waals surface area contributed by atoms with Crippen molar-refractivity contribution in [3.8, 4) is 0 Å². The molecule has 0 unspecified atom stereocenters. The van der Waals surface area contributed by atoms with Crippen LogP contribution in [-0.4, -0.2) is 34.5 Å². The predicted octanol–water partition coefficient (Wildman–Crippen LogP) is 2.51. The van der Waals surface area contributed by atoms with Crippen LogP contribution in [0.25, 0.3) is 0 Å². The molecule has 0 bridgehead atoms. The van der Waals surface area contributed by atoms with E-state index in [0.717, 1.165) is 29.3 Å². The highest BCUT2D eigenvalue weighted by Crippen LogP contribution is 2.22. The summed E-state index contributed by atoms with van der Waals surface area (Å²) < 4.78 is 27.0. The third-order valence-electron chi connectivity index (χ3n) is 4.74. The molecule has 0 spiro atoms. The van der Waals surface area contributed by atoms with Gasteiger partial charge in [-0.15, -0.1) is 0 Å². The van der Waals surface area contributed by atoms with E-state index in [1.54, 1.807) is 23.1 Å². The van der Waals surface area contributed by atoms with Crippen LogP contribution < -0.4 is 5.73 Å². The molecule has 3 N–H and O–H groups in total. The van der Waals surface area contributed by atoms with Gasteiger partial charge in [-0.05, 0) is 59.9 Å². The number of amides is 1. The Balaban J connectivity index is 1.64. The Hall–Kier alpha value is -2.80. The Labute approximate surface area is 155 Å². The summed E-state index contributed by atoms with van der Waals surface area (Å²) in [5, 5.41) is 9.11. The quantitative estimate of drug-likeness (QED) is 0.842. The summed E-state index contributed by atoms with van der Waals surface area (Å²) in [6, 6.07) is 7.44. The molecule has 7 heteroatoms. The first-order chi connectivity index (χ1) is 12.8. The molecule has 1 atom stereocenters. The number of rotatable bonds is 5. The maximum Gasteiger partial charge on any atom is 0.335 e. The van der Waals surface area contributed by atoms with Crippen molar-refractivity contribution in [2.45, 2.75) is 31.8 Å². The number of carboxylic acid groups (broad SMARTS) is 1. The molecule has 27 heavy (non-hydrogen) atoms. The van der Waals surface area contributed by atoms with E-state index >= 15 is 0 Å². The van der Waals surface area contributed by atoms with Gasteiger partial charge in [-0.25, -0.2) is 13.6 Å². The number of aromatic carboxylic acids is 1. The van der Waals surface area contributed by atoms with Gasteiger partial charge in [0, 0.05) is 25.6 Å². The van der Waals surface area contributed by atoms with Gasteiger partial charge in [0.2, 0.25) is 5.91 Å². The lowest BCUT2D eigenvalue weighted by Crippen LogP contribution is -2.39. The smallest absolute Gasteiger partial charge is 0.335 e. The minimum absolute atomic E-state index is 0.00388. The zero-order valence-electron chi connectivity index (χ0n) is 14.6. The fraction of sp³-hybridized carbons (Fsp3) is 0.300. The summed E-state index contributed by atoms with van der Waals surface area (Å²) >= 11 is 0. The highest BCUT2D eigenvalue weighted by Gasteiger charge is 2.23. The van der Waals surface area contributed by atoms with E-state index in [-0.39, 0.29) is 29.9 Å². The second kappa shape index (κ2) is 7.84. The number of hydrogen-bond acceptors (Lipinski definition) is 3. The van der Waals surface area contributed by atoms with Crippen molar-refractivity contribution >= 4 is 11.9 Å². The van der Waals surface area contributed by atoms with Gasteiger partial charge in [-0.1, -0.05) is 6.07 Å². The minimum Gasteiger partial charge on any atom is -0.478 e. The number of nitrogens with two attached hydrogens (primary N) is 1. The molecule has 1 aliphatic rings. The van der Waals surface area contributed by atoms with E-state index in [1.807, 2.05) is 0 Å². The van der Waals surface area contributed by atoms with Crippen molar-refractivity contribution in [3.63, 3.8) is 0 Å². The molecule has 2 aromatic rings. The van der Waals surface area contributed by atoms with E-state index in [1.165, 1.54) is 0 Å². The summed E-state index contributed by atoms with van der Waals surface area (Å²) in [6.07, 6.45) is 0.696. The number of carbonyl (C=O) groups is 2. The number of carboxylic acids is 1. The van der Waals surface area contributed by atoms with Gasteiger partial charge >= 0.3 is 5.97 Å². The molecule has 5 nitrogen and oxygen atoms in total. The Morgan fingerprint density at radius 1 is 1.15 bits per heavy atom. The number of fused-ring (bicyclic) bond motifs is 1. The number of carbonyl (C=O) groups excluding carboxylic acids is 1. The summed E-state index contributed by atoms with van der Waals surface area (Å²) in [7, 11) is 0. The van der Waals surface area contributed by atoms with Crippen LogP contribution in [0.2, 0.25) is 0 Å². The fourth-order valence-corrected chi connectivity index (χ4v) is 3.31. The first-order valence-electron chi connectivity index (χ1n) is 8.66. The SMILES string of the molecule is N[C@H](CC(=O)N1CCc2ccc(C(=O)O)cc2C1)Cc1cc(F)ccc1F. The molecule has 0 saturated heterocycles. The molecular formula is C20H20F2N2O3. The van der Waals surface area contributed by atoms with Gasteiger partial charge in [0.15, 0.2) is 0 Å². The van der Waals surface area contributed by atoms with Crippen LogP contribution in [0.1, 0.15) is 33.5 Å². The molecule has 1 aliphatic heterocycles. The van der Waals surface area contributed by atoms with Crippen molar-refractivity contribution in [1.29, 1.82) is 0 Å². The Kier molecular flexibility index (Phi) is 5.51. The first-order valence-corrected chi connectivity index (χ1v) is 8.66. The fourth-order valence-electron chi connectivity index (χ4n) is 3.31. The Morgan fingerprint density at radius 2 is 1.93 bits per heavy atom. The predicted molar refractivity (Wildman–Crippen MR) is 95.2 cm³/mol. The molecular weight excluding hydrogens is 354 g/mol. The zero-order chi connectivity index (χ0) is 19.6. The third-order valence-corrected chi connectivity index (χ3v) is 4.74. The molecule has 0 fully saturated rings. The molecule has 0 aromatic heterocycles. The summed E-state index contributed by atoms with van der Waals surface area (Å²) in [5.41, 5.74) is 8.13. The van der Waals surface area contributed by atoms with Crippen LogP contribution in [0.15, 0.2) is 36.4 Å². The first kappa shape index (κ1) is 19.0. The lowest BCUT2D eigenvalue weighted by molar-refractivity contribution is -0.132. The van der Waals surface area contributed by atoms with E-state index in [2.05, 4.69) is 0 Å². The van der Waals surface area contributed by atoms with Crippen LogP contribution in [-0.2, 0) is 24.2 Å². The van der Waals surface area contributed by atoms with E-state index < -0.39 is 23.6 Å². The largest absolute Gasteiger partial charge is 0.478 e. The highest BCUT2D eigenvalue weighted by atomic mass is 19.1.